The third kappa shape index (κ3) is 3.03. The van der Waals surface area contributed by atoms with Crippen molar-refractivity contribution >= 4 is 29.1 Å². The predicted molar refractivity (Wildman–Crippen MR) is 96.8 cm³/mol. The summed E-state index contributed by atoms with van der Waals surface area (Å²) in [5.41, 5.74) is 3.24. The van der Waals surface area contributed by atoms with Gasteiger partial charge in [0, 0.05) is 29.1 Å². The van der Waals surface area contributed by atoms with Crippen molar-refractivity contribution in [2.75, 3.05) is 6.54 Å². The number of rotatable bonds is 2. The number of hydrogen-bond donors (Lipinski definition) is 0. The van der Waals surface area contributed by atoms with E-state index in [1.807, 2.05) is 24.3 Å². The maximum Gasteiger partial charge on any atom is 0.255 e. The fourth-order valence-corrected chi connectivity index (χ4v) is 3.36. The summed E-state index contributed by atoms with van der Waals surface area (Å²) in [5.74, 6) is 0.600. The Labute approximate surface area is 154 Å². The summed E-state index contributed by atoms with van der Waals surface area (Å²) in [6.07, 6.45) is 0.655. The van der Waals surface area contributed by atoms with Crippen molar-refractivity contribution in [3.8, 4) is 11.3 Å². The molecule has 0 N–H and O–H groups in total. The van der Waals surface area contributed by atoms with E-state index < -0.39 is 0 Å². The van der Waals surface area contributed by atoms with Crippen LogP contribution in [-0.2, 0) is 13.0 Å². The van der Waals surface area contributed by atoms with E-state index in [9.17, 15) is 4.79 Å². The first-order valence-corrected chi connectivity index (χ1v) is 8.66. The van der Waals surface area contributed by atoms with E-state index in [1.54, 1.807) is 29.2 Å². The third-order valence-corrected chi connectivity index (χ3v) is 4.92. The summed E-state index contributed by atoms with van der Waals surface area (Å²) in [7, 11) is 0. The van der Waals surface area contributed by atoms with Crippen LogP contribution in [0.4, 0.5) is 0 Å². The molecule has 1 aliphatic rings. The van der Waals surface area contributed by atoms with E-state index >= 15 is 0 Å². The van der Waals surface area contributed by atoms with Gasteiger partial charge in [-0.05, 0) is 36.4 Å². The minimum absolute atomic E-state index is 0.0838. The Morgan fingerprint density at radius 3 is 2.60 bits per heavy atom. The van der Waals surface area contributed by atoms with Crippen molar-refractivity contribution in [3.63, 3.8) is 0 Å². The topological polar surface area (TPSA) is 46.3 Å². The molecule has 2 heterocycles. The molecular formula is C19H14Cl2N2O2. The molecule has 0 aliphatic carbocycles. The molecule has 0 spiro atoms. The summed E-state index contributed by atoms with van der Waals surface area (Å²) in [5, 5.41) is 5.29. The molecule has 1 aliphatic heterocycles. The maximum atomic E-state index is 12.8. The first-order chi connectivity index (χ1) is 12.1. The maximum absolute atomic E-state index is 12.8. The van der Waals surface area contributed by atoms with Crippen LogP contribution in [0.15, 0.2) is 53.1 Å². The minimum Gasteiger partial charge on any atom is -0.356 e. The van der Waals surface area contributed by atoms with Crippen molar-refractivity contribution in [1.82, 2.24) is 10.1 Å². The van der Waals surface area contributed by atoms with Gasteiger partial charge in [-0.15, -0.1) is 0 Å². The van der Waals surface area contributed by atoms with Gasteiger partial charge in [-0.25, -0.2) is 0 Å². The third-order valence-electron chi connectivity index (χ3n) is 4.33. The van der Waals surface area contributed by atoms with Crippen LogP contribution in [-0.4, -0.2) is 22.5 Å². The van der Waals surface area contributed by atoms with Crippen LogP contribution in [0.1, 0.15) is 21.6 Å². The second-order valence-corrected chi connectivity index (χ2v) is 6.74. The lowest BCUT2D eigenvalue weighted by atomic mass is 10.0. The van der Waals surface area contributed by atoms with E-state index in [-0.39, 0.29) is 5.91 Å². The molecule has 6 heteroatoms. The highest BCUT2D eigenvalue weighted by Gasteiger charge is 2.28. The smallest absolute Gasteiger partial charge is 0.255 e. The van der Waals surface area contributed by atoms with Gasteiger partial charge in [-0.2, -0.15) is 0 Å². The molecule has 0 saturated heterocycles. The quantitative estimate of drug-likeness (QED) is 0.645. The number of hydrogen-bond acceptors (Lipinski definition) is 3. The summed E-state index contributed by atoms with van der Waals surface area (Å²) in [6, 6.07) is 14.5. The van der Waals surface area contributed by atoms with Crippen molar-refractivity contribution < 1.29 is 9.32 Å². The highest BCUT2D eigenvalue weighted by Crippen LogP contribution is 2.32. The van der Waals surface area contributed by atoms with E-state index in [1.165, 1.54) is 0 Å². The van der Waals surface area contributed by atoms with Crippen molar-refractivity contribution in [2.45, 2.75) is 13.0 Å². The average Bonchev–Trinajstić information content (AvgIpc) is 3.05. The fraction of sp³-hybridized carbons (Fsp3) is 0.158. The minimum atomic E-state index is -0.0838. The van der Waals surface area contributed by atoms with Gasteiger partial charge in [0.05, 0.1) is 22.8 Å². The molecule has 0 fully saturated rings. The lowest BCUT2D eigenvalue weighted by molar-refractivity contribution is 0.0735. The van der Waals surface area contributed by atoms with Gasteiger partial charge in [0.25, 0.3) is 5.91 Å². The lowest BCUT2D eigenvalue weighted by Crippen LogP contribution is -2.36. The Morgan fingerprint density at radius 2 is 1.84 bits per heavy atom. The number of aromatic nitrogens is 1. The van der Waals surface area contributed by atoms with Gasteiger partial charge < -0.3 is 9.42 Å². The number of carbonyl (C=O) groups excluding carboxylic acids is 1. The summed E-state index contributed by atoms with van der Waals surface area (Å²) >= 11 is 12.1. The zero-order chi connectivity index (χ0) is 17.4. The van der Waals surface area contributed by atoms with Crippen LogP contribution in [0, 0.1) is 0 Å². The van der Waals surface area contributed by atoms with Crippen LogP contribution >= 0.6 is 23.2 Å². The van der Waals surface area contributed by atoms with Crippen LogP contribution in [0.25, 0.3) is 11.3 Å². The molecule has 3 aromatic rings. The van der Waals surface area contributed by atoms with Crippen LogP contribution in [0.3, 0.4) is 0 Å². The highest BCUT2D eigenvalue weighted by atomic mass is 35.5. The zero-order valence-corrected chi connectivity index (χ0v) is 14.7. The Morgan fingerprint density at radius 1 is 1.08 bits per heavy atom. The molecule has 4 nitrogen and oxygen atoms in total. The van der Waals surface area contributed by atoms with Gasteiger partial charge in [0.1, 0.15) is 0 Å². The normalized spacial score (nSPS) is 13.6. The van der Waals surface area contributed by atoms with Crippen LogP contribution in [0.5, 0.6) is 0 Å². The molecule has 25 heavy (non-hydrogen) atoms. The van der Waals surface area contributed by atoms with E-state index in [2.05, 4.69) is 5.16 Å². The van der Waals surface area contributed by atoms with Gasteiger partial charge in [-0.3, -0.25) is 4.79 Å². The number of carbonyl (C=O) groups is 1. The van der Waals surface area contributed by atoms with Crippen LogP contribution < -0.4 is 0 Å². The first kappa shape index (κ1) is 16.2. The lowest BCUT2D eigenvalue weighted by Gasteiger charge is -2.26. The number of amides is 1. The summed E-state index contributed by atoms with van der Waals surface area (Å²) < 4.78 is 5.54. The molecule has 2 aromatic carbocycles. The summed E-state index contributed by atoms with van der Waals surface area (Å²) in [6.45, 7) is 1.03. The number of nitrogens with zero attached hydrogens (tertiary/aromatic N) is 2. The molecule has 4 rings (SSSR count). The SMILES string of the molecule is O=C(c1ccccc1Cl)N1CCc2noc(-c3ccc(Cl)cc3)c2C1. The van der Waals surface area contributed by atoms with Crippen LogP contribution in [0.2, 0.25) is 10.0 Å². The first-order valence-electron chi connectivity index (χ1n) is 7.90. The van der Waals surface area contributed by atoms with Crippen molar-refractivity contribution in [1.29, 1.82) is 0 Å². The molecule has 0 saturated carbocycles. The number of fused-ring (bicyclic) bond motifs is 1. The largest absolute Gasteiger partial charge is 0.356 e. The molecule has 0 radical (unpaired) electrons. The molecule has 0 bridgehead atoms. The summed E-state index contributed by atoms with van der Waals surface area (Å²) in [4.78, 5) is 14.6. The monoisotopic (exact) mass is 372 g/mol. The number of halogens is 2. The Bertz CT molecular complexity index is 935. The fourth-order valence-electron chi connectivity index (χ4n) is 3.02. The molecule has 126 valence electrons. The van der Waals surface area contributed by atoms with Gasteiger partial charge in [0.2, 0.25) is 0 Å². The Kier molecular flexibility index (Phi) is 4.24. The van der Waals surface area contributed by atoms with E-state index in [0.717, 1.165) is 16.8 Å². The zero-order valence-electron chi connectivity index (χ0n) is 13.2. The molecular weight excluding hydrogens is 359 g/mol. The van der Waals surface area contributed by atoms with Gasteiger partial charge in [0.15, 0.2) is 5.76 Å². The van der Waals surface area contributed by atoms with Gasteiger partial charge >= 0.3 is 0 Å². The Hall–Kier alpha value is -2.30. The molecule has 0 atom stereocenters. The van der Waals surface area contributed by atoms with E-state index in [0.29, 0.717) is 40.9 Å². The molecule has 1 aromatic heterocycles. The second kappa shape index (κ2) is 6.54. The van der Waals surface area contributed by atoms with Crippen molar-refractivity contribution in [3.05, 3.63) is 75.4 Å². The molecule has 0 unspecified atom stereocenters. The number of benzene rings is 2. The van der Waals surface area contributed by atoms with Crippen molar-refractivity contribution in [2.24, 2.45) is 0 Å². The predicted octanol–water partition coefficient (Wildman–Crippen LogP) is 4.85. The van der Waals surface area contributed by atoms with E-state index in [4.69, 9.17) is 27.7 Å². The molecule has 1 amide bonds. The Balaban J connectivity index is 1.65. The highest BCUT2D eigenvalue weighted by molar-refractivity contribution is 6.33. The van der Waals surface area contributed by atoms with Gasteiger partial charge in [-0.1, -0.05) is 40.5 Å². The standard InChI is InChI=1S/C19H14Cl2N2O2/c20-13-7-5-12(6-8-13)18-15-11-23(10-9-17(15)22-25-18)19(24)14-3-1-2-4-16(14)21/h1-8H,9-11H2. The average molecular weight is 373 g/mol. The second-order valence-electron chi connectivity index (χ2n) is 5.90.